The van der Waals surface area contributed by atoms with E-state index in [2.05, 4.69) is 18.1 Å². The van der Waals surface area contributed by atoms with Gasteiger partial charge in [-0.3, -0.25) is 0 Å². The van der Waals surface area contributed by atoms with Crippen LogP contribution in [0.5, 0.6) is 0 Å². The maximum absolute atomic E-state index is 3.77. The number of nitrogens with zero attached hydrogens (tertiary/aromatic N) is 1. The normalized spacial score (nSPS) is 16.2. The van der Waals surface area contributed by atoms with Gasteiger partial charge in [0.05, 0.1) is 0 Å². The molecule has 0 saturated carbocycles. The van der Waals surface area contributed by atoms with E-state index in [1.807, 2.05) is 32.1 Å². The Bertz CT molecular complexity index is 174. The summed E-state index contributed by atoms with van der Waals surface area (Å²) in [6, 6.07) is 0. The fourth-order valence-electron chi connectivity index (χ4n) is 1.40. The third-order valence-electron chi connectivity index (χ3n) is 1.97. The number of allylic oxidation sites excluding steroid dienone is 3. The Kier molecular flexibility index (Phi) is 7.08. The van der Waals surface area contributed by atoms with E-state index in [4.69, 9.17) is 0 Å². The topological polar surface area (TPSA) is 3.24 Å². The van der Waals surface area contributed by atoms with Crippen LogP contribution in [0.25, 0.3) is 0 Å². The molecule has 0 atom stereocenters. The summed E-state index contributed by atoms with van der Waals surface area (Å²) >= 11 is 0. The molecular formula is C12H21N. The number of likely N-dealkylation sites (tertiary alicyclic amines) is 1. The van der Waals surface area contributed by atoms with Crippen LogP contribution in [0.15, 0.2) is 37.1 Å². The van der Waals surface area contributed by atoms with E-state index < -0.39 is 0 Å². The van der Waals surface area contributed by atoms with E-state index in [0.717, 1.165) is 0 Å². The number of rotatable bonds is 3. The van der Waals surface area contributed by atoms with Gasteiger partial charge in [0.2, 0.25) is 0 Å². The zero-order chi connectivity index (χ0) is 10.1. The minimum Gasteiger partial charge on any atom is -0.372 e. The maximum Gasteiger partial charge on any atom is 0.0360 e. The zero-order valence-electron chi connectivity index (χ0n) is 8.92. The van der Waals surface area contributed by atoms with Crippen molar-refractivity contribution in [3.8, 4) is 0 Å². The van der Waals surface area contributed by atoms with Gasteiger partial charge < -0.3 is 4.90 Å². The smallest absolute Gasteiger partial charge is 0.0360 e. The second kappa shape index (κ2) is 7.66. The van der Waals surface area contributed by atoms with E-state index in [0.29, 0.717) is 0 Å². The van der Waals surface area contributed by atoms with Gasteiger partial charge in [-0.2, -0.15) is 0 Å². The van der Waals surface area contributed by atoms with Crippen LogP contribution in [0.1, 0.15) is 26.7 Å². The molecule has 1 aliphatic heterocycles. The van der Waals surface area contributed by atoms with Gasteiger partial charge in [-0.15, -0.1) is 0 Å². The molecule has 0 aliphatic carbocycles. The highest BCUT2D eigenvalue weighted by atomic mass is 15.1. The average molecular weight is 179 g/mol. The van der Waals surface area contributed by atoms with Crippen molar-refractivity contribution in [2.45, 2.75) is 26.7 Å². The second-order valence-electron chi connectivity index (χ2n) is 2.73. The van der Waals surface area contributed by atoms with Crippen molar-refractivity contribution in [3.63, 3.8) is 0 Å². The quantitative estimate of drug-likeness (QED) is 0.600. The Morgan fingerprint density at radius 3 is 2.08 bits per heavy atom. The van der Waals surface area contributed by atoms with Crippen LogP contribution in [0, 0.1) is 0 Å². The summed E-state index contributed by atoms with van der Waals surface area (Å²) in [6.07, 6.45) is 8.34. The minimum atomic E-state index is 1.17. The predicted octanol–water partition coefficient (Wildman–Crippen LogP) is 3.36. The van der Waals surface area contributed by atoms with E-state index in [9.17, 15) is 0 Å². The molecule has 0 aromatic heterocycles. The first-order valence-electron chi connectivity index (χ1n) is 5.08. The van der Waals surface area contributed by atoms with E-state index in [1.54, 1.807) is 0 Å². The molecule has 1 aliphatic rings. The lowest BCUT2D eigenvalue weighted by molar-refractivity contribution is 0.441. The largest absolute Gasteiger partial charge is 0.372 e. The Morgan fingerprint density at radius 2 is 1.69 bits per heavy atom. The molecule has 1 nitrogen and oxygen atoms in total. The summed E-state index contributed by atoms with van der Waals surface area (Å²) in [5, 5.41) is 0. The van der Waals surface area contributed by atoms with Crippen molar-refractivity contribution < 1.29 is 0 Å². The predicted molar refractivity (Wildman–Crippen MR) is 60.6 cm³/mol. The SMILES string of the molecule is C=C/C=C(\C=C)N1CCCC1.CC. The standard InChI is InChI=1S/C10H15N.C2H6/c1-3-7-10(4-2)11-8-5-6-9-11;1-2/h3-4,7H,1-2,5-6,8-9H2;1-2H3/b10-7+;. The van der Waals surface area contributed by atoms with Crippen LogP contribution in [-0.2, 0) is 0 Å². The second-order valence-corrected chi connectivity index (χ2v) is 2.73. The first-order valence-corrected chi connectivity index (χ1v) is 5.08. The van der Waals surface area contributed by atoms with Gasteiger partial charge in [-0.05, 0) is 25.0 Å². The molecule has 0 spiro atoms. The summed E-state index contributed by atoms with van der Waals surface area (Å²) in [6.45, 7) is 13.8. The summed E-state index contributed by atoms with van der Waals surface area (Å²) in [5.41, 5.74) is 1.21. The minimum absolute atomic E-state index is 1.17. The highest BCUT2D eigenvalue weighted by molar-refractivity contribution is 5.20. The van der Waals surface area contributed by atoms with Crippen LogP contribution in [0.2, 0.25) is 0 Å². The molecule has 1 rings (SSSR count). The van der Waals surface area contributed by atoms with Gasteiger partial charge in [0.15, 0.2) is 0 Å². The van der Waals surface area contributed by atoms with Crippen LogP contribution in [0.3, 0.4) is 0 Å². The van der Waals surface area contributed by atoms with Crippen LogP contribution < -0.4 is 0 Å². The summed E-state index contributed by atoms with van der Waals surface area (Å²) < 4.78 is 0. The molecule has 1 heterocycles. The Labute approximate surface area is 82.4 Å². The summed E-state index contributed by atoms with van der Waals surface area (Å²) in [4.78, 5) is 2.34. The highest BCUT2D eigenvalue weighted by Gasteiger charge is 2.11. The van der Waals surface area contributed by atoms with Gasteiger partial charge in [-0.1, -0.05) is 33.1 Å². The first-order chi connectivity index (χ1) is 6.38. The van der Waals surface area contributed by atoms with Crippen molar-refractivity contribution in [1.82, 2.24) is 4.90 Å². The van der Waals surface area contributed by atoms with Gasteiger partial charge >= 0.3 is 0 Å². The fraction of sp³-hybridized carbons (Fsp3) is 0.500. The van der Waals surface area contributed by atoms with Crippen molar-refractivity contribution in [2.24, 2.45) is 0 Å². The summed E-state index contributed by atoms with van der Waals surface area (Å²) in [7, 11) is 0. The van der Waals surface area contributed by atoms with Crippen LogP contribution in [-0.4, -0.2) is 18.0 Å². The van der Waals surface area contributed by atoms with Crippen LogP contribution >= 0.6 is 0 Å². The van der Waals surface area contributed by atoms with Crippen molar-refractivity contribution in [1.29, 1.82) is 0 Å². The first kappa shape index (κ1) is 12.0. The zero-order valence-corrected chi connectivity index (χ0v) is 8.92. The van der Waals surface area contributed by atoms with Crippen molar-refractivity contribution in [2.75, 3.05) is 13.1 Å². The highest BCUT2D eigenvalue weighted by Crippen LogP contribution is 2.14. The molecule has 0 bridgehead atoms. The number of hydrogen-bond acceptors (Lipinski definition) is 1. The van der Waals surface area contributed by atoms with Crippen LogP contribution in [0.4, 0.5) is 0 Å². The van der Waals surface area contributed by atoms with Crippen molar-refractivity contribution >= 4 is 0 Å². The molecule has 1 fully saturated rings. The molecule has 13 heavy (non-hydrogen) atoms. The molecular weight excluding hydrogens is 158 g/mol. The summed E-state index contributed by atoms with van der Waals surface area (Å²) in [5.74, 6) is 0. The van der Waals surface area contributed by atoms with Gasteiger partial charge in [-0.25, -0.2) is 0 Å². The fourth-order valence-corrected chi connectivity index (χ4v) is 1.40. The number of hydrogen-bond donors (Lipinski definition) is 0. The van der Waals surface area contributed by atoms with Crippen molar-refractivity contribution in [3.05, 3.63) is 37.1 Å². The molecule has 0 N–H and O–H groups in total. The van der Waals surface area contributed by atoms with Gasteiger partial charge in [0, 0.05) is 18.8 Å². The Morgan fingerprint density at radius 1 is 1.15 bits per heavy atom. The van der Waals surface area contributed by atoms with Gasteiger partial charge in [0.25, 0.3) is 0 Å². The molecule has 0 amide bonds. The molecule has 0 aromatic carbocycles. The lowest BCUT2D eigenvalue weighted by Gasteiger charge is -2.17. The molecule has 74 valence electrons. The lowest BCUT2D eigenvalue weighted by atomic mass is 10.3. The van der Waals surface area contributed by atoms with E-state index in [1.165, 1.54) is 31.6 Å². The monoisotopic (exact) mass is 179 g/mol. The molecule has 0 radical (unpaired) electrons. The third kappa shape index (κ3) is 3.97. The lowest BCUT2D eigenvalue weighted by Crippen LogP contribution is -2.16. The molecule has 0 unspecified atom stereocenters. The average Bonchev–Trinajstić information content (AvgIpc) is 2.70. The molecule has 1 heteroatoms. The Balaban J connectivity index is 0.000000671. The van der Waals surface area contributed by atoms with E-state index >= 15 is 0 Å². The van der Waals surface area contributed by atoms with Gasteiger partial charge in [0.1, 0.15) is 0 Å². The van der Waals surface area contributed by atoms with E-state index in [-0.39, 0.29) is 0 Å². The Hall–Kier alpha value is -0.980. The third-order valence-corrected chi connectivity index (χ3v) is 1.97. The molecule has 1 saturated heterocycles. The molecule has 0 aromatic rings. The maximum atomic E-state index is 3.77.